The molecule has 0 atom stereocenters. The van der Waals surface area contributed by atoms with E-state index in [4.69, 9.17) is 0 Å². The molecular weight excluding hydrogens is 581 g/mol. The van der Waals surface area contributed by atoms with E-state index in [9.17, 15) is 22.4 Å². The summed E-state index contributed by atoms with van der Waals surface area (Å²) >= 11 is 0. The molecule has 5 rings (SSSR count). The summed E-state index contributed by atoms with van der Waals surface area (Å²) < 4.78 is 41.4. The third-order valence-corrected chi connectivity index (χ3v) is 9.13. The lowest BCUT2D eigenvalue weighted by molar-refractivity contribution is -0.116. The fourth-order valence-electron chi connectivity index (χ4n) is 4.97. The number of piperazine rings is 1. The molecule has 1 aliphatic rings. The van der Waals surface area contributed by atoms with E-state index in [1.807, 2.05) is 43.3 Å². The number of rotatable bonds is 9. The molecule has 4 aromatic carbocycles. The maximum atomic E-state index is 13.4. The summed E-state index contributed by atoms with van der Waals surface area (Å²) in [4.78, 5) is 29.8. The largest absolute Gasteiger partial charge is 0.368 e. The molecule has 2 N–H and O–H groups in total. The van der Waals surface area contributed by atoms with Crippen LogP contribution in [0.4, 0.5) is 26.2 Å². The molecule has 0 spiro atoms. The van der Waals surface area contributed by atoms with Gasteiger partial charge in [0.25, 0.3) is 0 Å². The standard InChI is InChI=1S/C33H34FN5O4S/c1-25-6-5-7-29(22-25)36-33(41)38-20-18-37(19-21-38)30-16-14-28(15-17-30)35-32(40)24-39(23-26-10-12-27(34)13-11-26)44(42,43)31-8-3-2-4-9-31/h2-17,22H,18-21,23-24H2,1H3,(H,35,40)(H,36,41). The maximum absolute atomic E-state index is 13.4. The van der Waals surface area contributed by atoms with Crippen LogP contribution in [0.5, 0.6) is 0 Å². The Morgan fingerprint density at radius 2 is 1.48 bits per heavy atom. The van der Waals surface area contributed by atoms with E-state index in [0.29, 0.717) is 37.4 Å². The van der Waals surface area contributed by atoms with Gasteiger partial charge in [0.2, 0.25) is 15.9 Å². The Balaban J connectivity index is 1.18. The van der Waals surface area contributed by atoms with E-state index < -0.39 is 28.3 Å². The molecule has 1 aliphatic heterocycles. The maximum Gasteiger partial charge on any atom is 0.321 e. The van der Waals surface area contributed by atoms with E-state index in [0.717, 1.165) is 21.2 Å². The fourth-order valence-corrected chi connectivity index (χ4v) is 6.38. The fraction of sp³-hybridized carbons (Fsp3) is 0.212. The van der Waals surface area contributed by atoms with Crippen molar-refractivity contribution < 1.29 is 22.4 Å². The highest BCUT2D eigenvalue weighted by Crippen LogP contribution is 2.22. The summed E-state index contributed by atoms with van der Waals surface area (Å²) in [5, 5.41) is 5.74. The van der Waals surface area contributed by atoms with E-state index in [-0.39, 0.29) is 17.5 Å². The van der Waals surface area contributed by atoms with Crippen LogP contribution in [-0.4, -0.2) is 62.3 Å². The number of urea groups is 1. The molecular formula is C33H34FN5O4S. The Bertz CT molecular complexity index is 1690. The lowest BCUT2D eigenvalue weighted by Crippen LogP contribution is -2.50. The SMILES string of the molecule is Cc1cccc(NC(=O)N2CCN(c3ccc(NC(=O)CN(Cc4ccc(F)cc4)S(=O)(=O)c4ccccc4)cc3)CC2)c1. The number of carbonyl (C=O) groups is 2. The van der Waals surface area contributed by atoms with Gasteiger partial charge in [0, 0.05) is 49.8 Å². The molecule has 1 heterocycles. The number of anilines is 3. The first-order valence-electron chi connectivity index (χ1n) is 14.2. The zero-order chi connectivity index (χ0) is 31.1. The molecule has 0 radical (unpaired) electrons. The number of nitrogens with zero attached hydrogens (tertiary/aromatic N) is 3. The van der Waals surface area contributed by atoms with Gasteiger partial charge in [-0.3, -0.25) is 4.79 Å². The molecule has 0 aliphatic carbocycles. The molecule has 1 fully saturated rings. The first-order valence-corrected chi connectivity index (χ1v) is 15.7. The average Bonchev–Trinajstić information content (AvgIpc) is 3.02. The molecule has 9 nitrogen and oxygen atoms in total. The summed E-state index contributed by atoms with van der Waals surface area (Å²) in [7, 11) is -4.01. The zero-order valence-corrected chi connectivity index (χ0v) is 25.1. The number of benzene rings is 4. The van der Waals surface area contributed by atoms with Crippen LogP contribution in [-0.2, 0) is 21.4 Å². The van der Waals surface area contributed by atoms with Crippen molar-refractivity contribution in [2.24, 2.45) is 0 Å². The van der Waals surface area contributed by atoms with Gasteiger partial charge in [-0.25, -0.2) is 17.6 Å². The third kappa shape index (κ3) is 7.80. The number of sulfonamides is 1. The van der Waals surface area contributed by atoms with Crippen LogP contribution < -0.4 is 15.5 Å². The first-order chi connectivity index (χ1) is 21.2. The molecule has 1 saturated heterocycles. The number of hydrogen-bond donors (Lipinski definition) is 2. The van der Waals surface area contributed by atoms with Crippen LogP contribution in [0.25, 0.3) is 0 Å². The van der Waals surface area contributed by atoms with Crippen molar-refractivity contribution in [3.8, 4) is 0 Å². The summed E-state index contributed by atoms with van der Waals surface area (Å²) in [6, 6.07) is 28.2. The van der Waals surface area contributed by atoms with Gasteiger partial charge in [0.1, 0.15) is 5.82 Å². The zero-order valence-electron chi connectivity index (χ0n) is 24.3. The highest BCUT2D eigenvalue weighted by molar-refractivity contribution is 7.89. The number of halogens is 1. The predicted molar refractivity (Wildman–Crippen MR) is 169 cm³/mol. The Morgan fingerprint density at radius 1 is 0.795 bits per heavy atom. The van der Waals surface area contributed by atoms with Gasteiger partial charge < -0.3 is 20.4 Å². The van der Waals surface area contributed by atoms with Crippen molar-refractivity contribution in [2.45, 2.75) is 18.4 Å². The third-order valence-electron chi connectivity index (χ3n) is 7.33. The van der Waals surface area contributed by atoms with E-state index in [1.165, 1.54) is 36.4 Å². The summed E-state index contributed by atoms with van der Waals surface area (Å²) in [5.74, 6) is -0.939. The van der Waals surface area contributed by atoms with Crippen LogP contribution in [0.2, 0.25) is 0 Å². The van der Waals surface area contributed by atoms with Crippen LogP contribution in [0, 0.1) is 12.7 Å². The number of amides is 3. The molecule has 3 amide bonds. The van der Waals surface area contributed by atoms with Crippen molar-refractivity contribution >= 4 is 39.0 Å². The van der Waals surface area contributed by atoms with Crippen molar-refractivity contribution in [3.63, 3.8) is 0 Å². The van der Waals surface area contributed by atoms with Crippen LogP contribution >= 0.6 is 0 Å². The van der Waals surface area contributed by atoms with Gasteiger partial charge in [-0.15, -0.1) is 0 Å². The van der Waals surface area contributed by atoms with Gasteiger partial charge in [0.05, 0.1) is 11.4 Å². The van der Waals surface area contributed by atoms with E-state index in [2.05, 4.69) is 15.5 Å². The van der Waals surface area contributed by atoms with Crippen LogP contribution in [0.1, 0.15) is 11.1 Å². The Hall–Kier alpha value is -4.74. The minimum atomic E-state index is -4.01. The van der Waals surface area contributed by atoms with Gasteiger partial charge in [-0.05, 0) is 78.7 Å². The smallest absolute Gasteiger partial charge is 0.321 e. The summed E-state index contributed by atoms with van der Waals surface area (Å²) in [5.41, 5.74) is 3.87. The van der Waals surface area contributed by atoms with Gasteiger partial charge in [-0.1, -0.05) is 42.5 Å². The lowest BCUT2D eigenvalue weighted by atomic mass is 10.2. The highest BCUT2D eigenvalue weighted by Gasteiger charge is 2.27. The summed E-state index contributed by atoms with van der Waals surface area (Å²) in [6.45, 7) is 3.89. The van der Waals surface area contributed by atoms with Crippen LogP contribution in [0.15, 0.2) is 108 Å². The molecule has 0 aromatic heterocycles. The molecule has 0 unspecified atom stereocenters. The second-order valence-electron chi connectivity index (χ2n) is 10.6. The minimum Gasteiger partial charge on any atom is -0.368 e. The van der Waals surface area contributed by atoms with Crippen molar-refractivity contribution in [1.29, 1.82) is 0 Å². The molecule has 228 valence electrons. The van der Waals surface area contributed by atoms with Crippen molar-refractivity contribution in [1.82, 2.24) is 9.21 Å². The number of carbonyl (C=O) groups excluding carboxylic acids is 2. The van der Waals surface area contributed by atoms with Crippen molar-refractivity contribution in [3.05, 3.63) is 120 Å². The van der Waals surface area contributed by atoms with Gasteiger partial charge in [-0.2, -0.15) is 4.31 Å². The Morgan fingerprint density at radius 3 is 2.14 bits per heavy atom. The molecule has 44 heavy (non-hydrogen) atoms. The number of nitrogens with one attached hydrogen (secondary N) is 2. The average molecular weight is 616 g/mol. The normalized spacial score (nSPS) is 13.5. The topological polar surface area (TPSA) is 102 Å². The van der Waals surface area contributed by atoms with Gasteiger partial charge in [0.15, 0.2) is 0 Å². The monoisotopic (exact) mass is 615 g/mol. The highest BCUT2D eigenvalue weighted by atomic mass is 32.2. The van der Waals surface area contributed by atoms with E-state index >= 15 is 0 Å². The quantitative estimate of drug-likeness (QED) is 0.266. The van der Waals surface area contributed by atoms with Crippen molar-refractivity contribution in [2.75, 3.05) is 48.3 Å². The van der Waals surface area contributed by atoms with Crippen LogP contribution in [0.3, 0.4) is 0 Å². The minimum absolute atomic E-state index is 0.0620. The molecule has 0 saturated carbocycles. The second kappa shape index (κ2) is 13.7. The lowest BCUT2D eigenvalue weighted by Gasteiger charge is -2.36. The first kappa shape index (κ1) is 30.7. The predicted octanol–water partition coefficient (Wildman–Crippen LogP) is 5.32. The molecule has 0 bridgehead atoms. The number of hydrogen-bond acceptors (Lipinski definition) is 5. The van der Waals surface area contributed by atoms with E-state index in [1.54, 1.807) is 35.2 Å². The molecule has 4 aromatic rings. The second-order valence-corrected chi connectivity index (χ2v) is 12.5. The Labute approximate surface area is 257 Å². The Kier molecular flexibility index (Phi) is 9.56. The molecule has 11 heteroatoms. The number of aryl methyl sites for hydroxylation is 1. The van der Waals surface area contributed by atoms with Gasteiger partial charge >= 0.3 is 6.03 Å². The summed E-state index contributed by atoms with van der Waals surface area (Å²) in [6.07, 6.45) is 0.